The Kier molecular flexibility index (Phi) is 4.31. The lowest BCUT2D eigenvalue weighted by molar-refractivity contribution is 0.572. The highest BCUT2D eigenvalue weighted by Crippen LogP contribution is 2.23. The van der Waals surface area contributed by atoms with E-state index in [0.29, 0.717) is 11.8 Å². The molecule has 0 amide bonds. The zero-order chi connectivity index (χ0) is 19.5. The third kappa shape index (κ3) is 3.74. The third-order valence-electron chi connectivity index (χ3n) is 4.38. The van der Waals surface area contributed by atoms with Gasteiger partial charge in [0, 0.05) is 22.8 Å². The van der Waals surface area contributed by atoms with E-state index in [2.05, 4.69) is 30.6 Å². The molecule has 0 spiro atoms. The molecule has 2 aromatic carbocycles. The van der Waals surface area contributed by atoms with Crippen molar-refractivity contribution in [3.63, 3.8) is 0 Å². The first-order valence-corrected chi connectivity index (χ1v) is 9.04. The molecule has 7 nitrogen and oxygen atoms in total. The van der Waals surface area contributed by atoms with Crippen molar-refractivity contribution in [3.8, 4) is 11.3 Å². The molecule has 2 N–H and O–H groups in total. The van der Waals surface area contributed by atoms with E-state index in [4.69, 9.17) is 4.42 Å². The van der Waals surface area contributed by atoms with Crippen LogP contribution in [0.25, 0.3) is 22.2 Å². The first-order chi connectivity index (χ1) is 14.3. The van der Waals surface area contributed by atoms with Crippen molar-refractivity contribution in [2.75, 3.05) is 10.6 Å². The van der Waals surface area contributed by atoms with E-state index in [-0.39, 0.29) is 0 Å². The van der Waals surface area contributed by atoms with Gasteiger partial charge in [-0.05, 0) is 42.5 Å². The Morgan fingerprint density at radius 3 is 2.55 bits per heavy atom. The fourth-order valence-electron chi connectivity index (χ4n) is 2.98. The zero-order valence-corrected chi connectivity index (χ0v) is 15.3. The summed E-state index contributed by atoms with van der Waals surface area (Å²) in [5.74, 6) is 1.90. The highest BCUT2D eigenvalue weighted by atomic mass is 16.3. The number of rotatable bonds is 5. The minimum absolute atomic E-state index is 0.496. The zero-order valence-electron chi connectivity index (χ0n) is 15.3. The summed E-state index contributed by atoms with van der Waals surface area (Å²) in [6.45, 7) is 0. The number of anilines is 4. The molecule has 0 aliphatic rings. The lowest BCUT2D eigenvalue weighted by atomic mass is 10.2. The quantitative estimate of drug-likeness (QED) is 0.435. The number of para-hydroxylation sites is 1. The number of nitrogens with zero attached hydrogens (tertiary/aromatic N) is 4. The fourth-order valence-corrected chi connectivity index (χ4v) is 2.98. The third-order valence-corrected chi connectivity index (χ3v) is 4.38. The monoisotopic (exact) mass is 380 g/mol. The predicted molar refractivity (Wildman–Crippen MR) is 112 cm³/mol. The fraction of sp³-hybridized carbons (Fsp3) is 0. The summed E-state index contributed by atoms with van der Waals surface area (Å²) in [5, 5.41) is 7.55. The van der Waals surface area contributed by atoms with Gasteiger partial charge in [-0.2, -0.15) is 4.98 Å². The van der Waals surface area contributed by atoms with E-state index in [1.165, 1.54) is 6.39 Å². The van der Waals surface area contributed by atoms with Crippen LogP contribution in [0.2, 0.25) is 0 Å². The maximum atomic E-state index is 5.31. The average molecular weight is 380 g/mol. The summed E-state index contributed by atoms with van der Waals surface area (Å²) >= 11 is 0. The van der Waals surface area contributed by atoms with Gasteiger partial charge in [0.25, 0.3) is 0 Å². The summed E-state index contributed by atoms with van der Waals surface area (Å²) in [5.41, 5.74) is 3.65. The number of fused-ring (bicyclic) bond motifs is 1. The highest BCUT2D eigenvalue weighted by Gasteiger charge is 2.04. The summed E-state index contributed by atoms with van der Waals surface area (Å²) in [6.07, 6.45) is 6.59. The van der Waals surface area contributed by atoms with Crippen LogP contribution in [0.15, 0.2) is 90.1 Å². The first-order valence-electron chi connectivity index (χ1n) is 9.04. The number of pyridine rings is 1. The molecule has 3 heterocycles. The molecule has 5 aromatic rings. The number of hydrogen-bond acceptors (Lipinski definition) is 7. The van der Waals surface area contributed by atoms with Gasteiger partial charge in [0.1, 0.15) is 5.82 Å². The Morgan fingerprint density at radius 1 is 0.793 bits per heavy atom. The molecule has 0 aliphatic carbocycles. The normalized spacial score (nSPS) is 10.8. The van der Waals surface area contributed by atoms with Crippen molar-refractivity contribution >= 4 is 34.0 Å². The Bertz CT molecular complexity index is 1250. The van der Waals surface area contributed by atoms with Crippen molar-refractivity contribution < 1.29 is 4.42 Å². The van der Waals surface area contributed by atoms with E-state index in [1.807, 2.05) is 60.7 Å². The summed E-state index contributed by atoms with van der Waals surface area (Å²) in [7, 11) is 0. The minimum Gasteiger partial charge on any atom is -0.444 e. The molecule has 0 saturated carbocycles. The van der Waals surface area contributed by atoms with Crippen molar-refractivity contribution in [3.05, 3.63) is 85.6 Å². The largest absolute Gasteiger partial charge is 0.444 e. The first kappa shape index (κ1) is 16.9. The van der Waals surface area contributed by atoms with Gasteiger partial charge in [-0.3, -0.25) is 4.98 Å². The number of nitrogens with one attached hydrogen (secondary N) is 2. The van der Waals surface area contributed by atoms with Crippen LogP contribution >= 0.6 is 0 Å². The van der Waals surface area contributed by atoms with Gasteiger partial charge < -0.3 is 15.1 Å². The average Bonchev–Trinajstić information content (AvgIpc) is 3.29. The molecule has 0 unspecified atom stereocenters. The molecule has 0 atom stereocenters. The molecule has 29 heavy (non-hydrogen) atoms. The smallest absolute Gasteiger partial charge is 0.229 e. The van der Waals surface area contributed by atoms with Crippen molar-refractivity contribution in [2.45, 2.75) is 0 Å². The highest BCUT2D eigenvalue weighted by molar-refractivity contribution is 5.82. The standard InChI is InChI=1S/C22H16N6O/c1-2-4-19-16(3-1)11-18(12-25-19)26-21-9-10-24-22(28-21)27-17-7-5-15(6-8-17)20-13-23-14-29-20/h1-14H,(H2,24,26,27,28). The van der Waals surface area contributed by atoms with E-state index in [0.717, 1.165) is 33.6 Å². The van der Waals surface area contributed by atoms with Gasteiger partial charge in [0.2, 0.25) is 5.95 Å². The molecule has 0 saturated heterocycles. The SMILES string of the molecule is c1ccc2ncc(Nc3ccnc(Nc4ccc(-c5cnco5)cc4)n3)cc2c1. The molecule has 140 valence electrons. The molecular weight excluding hydrogens is 364 g/mol. The Morgan fingerprint density at radius 2 is 1.69 bits per heavy atom. The van der Waals surface area contributed by atoms with Gasteiger partial charge in [-0.25, -0.2) is 9.97 Å². The van der Waals surface area contributed by atoms with Crippen molar-refractivity contribution in [2.24, 2.45) is 0 Å². The molecule has 7 heteroatoms. The van der Waals surface area contributed by atoms with E-state index >= 15 is 0 Å². The molecule has 5 rings (SSSR count). The second kappa shape index (κ2) is 7.40. The van der Waals surface area contributed by atoms with E-state index in [1.54, 1.807) is 18.6 Å². The van der Waals surface area contributed by atoms with Crippen LogP contribution in [0.5, 0.6) is 0 Å². The van der Waals surface area contributed by atoms with Crippen LogP contribution in [0.3, 0.4) is 0 Å². The lowest BCUT2D eigenvalue weighted by Gasteiger charge is -2.09. The molecule has 3 aromatic heterocycles. The second-order valence-electron chi connectivity index (χ2n) is 6.38. The summed E-state index contributed by atoms with van der Waals surface area (Å²) in [6, 6.07) is 19.6. The predicted octanol–water partition coefficient (Wildman–Crippen LogP) is 5.17. The molecule has 0 fully saturated rings. The minimum atomic E-state index is 0.496. The lowest BCUT2D eigenvalue weighted by Crippen LogP contribution is -2.00. The topological polar surface area (TPSA) is 88.8 Å². The maximum absolute atomic E-state index is 5.31. The Balaban J connectivity index is 1.32. The van der Waals surface area contributed by atoms with Crippen LogP contribution in [0.1, 0.15) is 0 Å². The molecular formula is C22H16N6O. The number of benzene rings is 2. The van der Waals surface area contributed by atoms with Crippen LogP contribution < -0.4 is 10.6 Å². The number of hydrogen-bond donors (Lipinski definition) is 2. The van der Waals surface area contributed by atoms with Gasteiger partial charge in [0.05, 0.1) is 23.6 Å². The van der Waals surface area contributed by atoms with E-state index in [9.17, 15) is 0 Å². The number of oxazole rings is 1. The van der Waals surface area contributed by atoms with Crippen LogP contribution in [0.4, 0.5) is 23.1 Å². The van der Waals surface area contributed by atoms with Crippen LogP contribution in [-0.2, 0) is 0 Å². The second-order valence-corrected chi connectivity index (χ2v) is 6.38. The van der Waals surface area contributed by atoms with Gasteiger partial charge >= 0.3 is 0 Å². The number of aromatic nitrogens is 4. The van der Waals surface area contributed by atoms with Gasteiger partial charge in [-0.1, -0.05) is 18.2 Å². The van der Waals surface area contributed by atoms with Crippen molar-refractivity contribution in [1.82, 2.24) is 19.9 Å². The molecule has 0 bridgehead atoms. The van der Waals surface area contributed by atoms with Gasteiger partial charge in [-0.15, -0.1) is 0 Å². The maximum Gasteiger partial charge on any atom is 0.229 e. The van der Waals surface area contributed by atoms with Crippen LogP contribution in [0, 0.1) is 0 Å². The summed E-state index contributed by atoms with van der Waals surface area (Å²) < 4.78 is 5.31. The van der Waals surface area contributed by atoms with E-state index < -0.39 is 0 Å². The summed E-state index contributed by atoms with van der Waals surface area (Å²) in [4.78, 5) is 17.2. The molecule has 0 aliphatic heterocycles. The van der Waals surface area contributed by atoms with Crippen LogP contribution in [-0.4, -0.2) is 19.9 Å². The Labute approximate surface area is 166 Å². The molecule has 0 radical (unpaired) electrons. The van der Waals surface area contributed by atoms with Crippen molar-refractivity contribution in [1.29, 1.82) is 0 Å². The van der Waals surface area contributed by atoms with Gasteiger partial charge in [0.15, 0.2) is 12.2 Å². The Hall–Kier alpha value is -4.26.